The Kier molecular flexibility index (Phi) is 2.95. The zero-order chi connectivity index (χ0) is 11.8. The topological polar surface area (TPSA) is 17.8 Å². The van der Waals surface area contributed by atoms with E-state index in [1.807, 2.05) is 0 Å². The fourth-order valence-corrected chi connectivity index (χ4v) is 3.30. The number of aromatic nitrogens is 2. The predicted octanol–water partition coefficient (Wildman–Crippen LogP) is 4.38. The molecule has 90 valence electrons. The SMILES string of the molecule is Cn1cc(C2CCCCC2)c2ccc(Br)nc21. The normalized spacial score (nSPS) is 17.8. The van der Waals surface area contributed by atoms with Crippen LogP contribution in [0.15, 0.2) is 22.9 Å². The van der Waals surface area contributed by atoms with Gasteiger partial charge in [0.2, 0.25) is 0 Å². The Morgan fingerprint density at radius 3 is 2.76 bits per heavy atom. The summed E-state index contributed by atoms with van der Waals surface area (Å²) >= 11 is 3.45. The van der Waals surface area contributed by atoms with Gasteiger partial charge in [-0.05, 0) is 52.4 Å². The molecule has 17 heavy (non-hydrogen) atoms. The van der Waals surface area contributed by atoms with E-state index in [9.17, 15) is 0 Å². The molecule has 0 amide bonds. The monoisotopic (exact) mass is 292 g/mol. The second-order valence-corrected chi connectivity index (χ2v) is 5.85. The molecule has 0 N–H and O–H groups in total. The number of rotatable bonds is 1. The molecule has 1 aliphatic carbocycles. The van der Waals surface area contributed by atoms with E-state index < -0.39 is 0 Å². The van der Waals surface area contributed by atoms with Gasteiger partial charge in [0, 0.05) is 18.6 Å². The summed E-state index contributed by atoms with van der Waals surface area (Å²) in [6.45, 7) is 0. The van der Waals surface area contributed by atoms with Crippen LogP contribution in [0, 0.1) is 0 Å². The predicted molar refractivity (Wildman–Crippen MR) is 74.2 cm³/mol. The lowest BCUT2D eigenvalue weighted by Gasteiger charge is -2.21. The zero-order valence-corrected chi connectivity index (χ0v) is 11.7. The molecule has 2 aromatic heterocycles. The number of nitrogens with zero attached hydrogens (tertiary/aromatic N) is 2. The first-order chi connectivity index (χ1) is 8.25. The average molecular weight is 293 g/mol. The Morgan fingerprint density at radius 2 is 2.00 bits per heavy atom. The van der Waals surface area contributed by atoms with Crippen molar-refractivity contribution in [1.82, 2.24) is 9.55 Å². The Bertz CT molecular complexity index is 538. The van der Waals surface area contributed by atoms with E-state index in [1.54, 1.807) is 0 Å². The van der Waals surface area contributed by atoms with E-state index >= 15 is 0 Å². The second-order valence-electron chi connectivity index (χ2n) is 5.04. The highest BCUT2D eigenvalue weighted by molar-refractivity contribution is 9.10. The highest BCUT2D eigenvalue weighted by Crippen LogP contribution is 2.36. The van der Waals surface area contributed by atoms with Crippen LogP contribution in [0.3, 0.4) is 0 Å². The summed E-state index contributed by atoms with van der Waals surface area (Å²) in [5.74, 6) is 0.746. The Hall–Kier alpha value is -0.830. The van der Waals surface area contributed by atoms with Gasteiger partial charge < -0.3 is 4.57 Å². The van der Waals surface area contributed by atoms with Gasteiger partial charge in [-0.2, -0.15) is 0 Å². The van der Waals surface area contributed by atoms with Gasteiger partial charge in [-0.1, -0.05) is 19.3 Å². The van der Waals surface area contributed by atoms with Crippen molar-refractivity contribution in [2.45, 2.75) is 38.0 Å². The molecule has 0 aliphatic heterocycles. The lowest BCUT2D eigenvalue weighted by atomic mass is 9.84. The lowest BCUT2D eigenvalue weighted by Crippen LogP contribution is -2.03. The van der Waals surface area contributed by atoms with Crippen molar-refractivity contribution < 1.29 is 0 Å². The molecule has 2 nitrogen and oxygen atoms in total. The molecule has 2 heterocycles. The van der Waals surface area contributed by atoms with Crippen LogP contribution in [0.2, 0.25) is 0 Å². The van der Waals surface area contributed by atoms with Crippen molar-refractivity contribution in [3.05, 3.63) is 28.5 Å². The van der Waals surface area contributed by atoms with E-state index in [-0.39, 0.29) is 0 Å². The van der Waals surface area contributed by atoms with Crippen LogP contribution in [0.4, 0.5) is 0 Å². The standard InChI is InChI=1S/C14H17BrN2/c1-17-9-12(10-5-3-2-4-6-10)11-7-8-13(15)16-14(11)17/h7-10H,2-6H2,1H3. The highest BCUT2D eigenvalue weighted by Gasteiger charge is 2.20. The molecule has 0 radical (unpaired) electrons. The van der Waals surface area contributed by atoms with Crippen molar-refractivity contribution >= 4 is 27.0 Å². The first-order valence-electron chi connectivity index (χ1n) is 6.37. The molecule has 1 aliphatic rings. The van der Waals surface area contributed by atoms with Crippen molar-refractivity contribution in [2.24, 2.45) is 7.05 Å². The summed E-state index contributed by atoms with van der Waals surface area (Å²) in [5.41, 5.74) is 2.60. The molecule has 0 bridgehead atoms. The summed E-state index contributed by atoms with van der Waals surface area (Å²) in [4.78, 5) is 4.57. The second kappa shape index (κ2) is 4.45. The van der Waals surface area contributed by atoms with Gasteiger partial charge in [0.25, 0.3) is 0 Å². The fourth-order valence-electron chi connectivity index (χ4n) is 3.00. The summed E-state index contributed by atoms with van der Waals surface area (Å²) in [7, 11) is 2.09. The molecule has 0 aromatic carbocycles. The number of pyridine rings is 1. The molecule has 0 saturated heterocycles. The quantitative estimate of drug-likeness (QED) is 0.713. The van der Waals surface area contributed by atoms with Gasteiger partial charge >= 0.3 is 0 Å². The van der Waals surface area contributed by atoms with Gasteiger partial charge in [0.1, 0.15) is 10.3 Å². The lowest BCUT2D eigenvalue weighted by molar-refractivity contribution is 0.445. The Balaban J connectivity index is 2.10. The molecule has 3 heteroatoms. The highest BCUT2D eigenvalue weighted by atomic mass is 79.9. The Labute approximate surface area is 110 Å². The largest absolute Gasteiger partial charge is 0.335 e. The van der Waals surface area contributed by atoms with Crippen LogP contribution in [0.5, 0.6) is 0 Å². The maximum atomic E-state index is 4.57. The Morgan fingerprint density at radius 1 is 1.24 bits per heavy atom. The number of fused-ring (bicyclic) bond motifs is 1. The molecule has 1 fully saturated rings. The van der Waals surface area contributed by atoms with Crippen LogP contribution < -0.4 is 0 Å². The number of hydrogen-bond acceptors (Lipinski definition) is 1. The van der Waals surface area contributed by atoms with E-state index in [1.165, 1.54) is 43.1 Å². The minimum absolute atomic E-state index is 0.746. The third-order valence-electron chi connectivity index (χ3n) is 3.86. The van der Waals surface area contributed by atoms with Crippen molar-refractivity contribution in [3.8, 4) is 0 Å². The molecular formula is C14H17BrN2. The number of hydrogen-bond donors (Lipinski definition) is 0. The first-order valence-corrected chi connectivity index (χ1v) is 7.16. The third-order valence-corrected chi connectivity index (χ3v) is 4.31. The van der Waals surface area contributed by atoms with Gasteiger partial charge in [-0.15, -0.1) is 0 Å². The first kappa shape index (κ1) is 11.3. The van der Waals surface area contributed by atoms with E-state index in [4.69, 9.17) is 0 Å². The van der Waals surface area contributed by atoms with Crippen LogP contribution >= 0.6 is 15.9 Å². The number of aryl methyl sites for hydroxylation is 1. The molecule has 0 unspecified atom stereocenters. The molecule has 1 saturated carbocycles. The van der Waals surface area contributed by atoms with Gasteiger partial charge in [-0.3, -0.25) is 0 Å². The average Bonchev–Trinajstić information content (AvgIpc) is 2.68. The zero-order valence-electron chi connectivity index (χ0n) is 10.1. The van der Waals surface area contributed by atoms with Crippen LogP contribution in [-0.4, -0.2) is 9.55 Å². The summed E-state index contributed by atoms with van der Waals surface area (Å²) < 4.78 is 3.07. The van der Waals surface area contributed by atoms with Gasteiger partial charge in [0.05, 0.1) is 0 Å². The molecular weight excluding hydrogens is 276 g/mol. The maximum Gasteiger partial charge on any atom is 0.141 e. The third kappa shape index (κ3) is 2.01. The molecule has 3 rings (SSSR count). The molecule has 2 aromatic rings. The van der Waals surface area contributed by atoms with Crippen LogP contribution in [0.1, 0.15) is 43.6 Å². The minimum atomic E-state index is 0.746. The van der Waals surface area contributed by atoms with Gasteiger partial charge in [-0.25, -0.2) is 4.98 Å². The summed E-state index contributed by atoms with van der Waals surface area (Å²) in [6, 6.07) is 4.25. The van der Waals surface area contributed by atoms with E-state index in [0.29, 0.717) is 0 Å². The van der Waals surface area contributed by atoms with Crippen LogP contribution in [0.25, 0.3) is 11.0 Å². The fraction of sp³-hybridized carbons (Fsp3) is 0.500. The maximum absolute atomic E-state index is 4.57. The minimum Gasteiger partial charge on any atom is -0.335 e. The van der Waals surface area contributed by atoms with E-state index in [0.717, 1.165) is 16.2 Å². The smallest absolute Gasteiger partial charge is 0.141 e. The number of halogens is 1. The van der Waals surface area contributed by atoms with Gasteiger partial charge in [0.15, 0.2) is 0 Å². The van der Waals surface area contributed by atoms with E-state index in [2.05, 4.69) is 50.9 Å². The van der Waals surface area contributed by atoms with Crippen molar-refractivity contribution in [2.75, 3.05) is 0 Å². The molecule has 0 spiro atoms. The summed E-state index contributed by atoms with van der Waals surface area (Å²) in [6.07, 6.45) is 9.13. The summed E-state index contributed by atoms with van der Waals surface area (Å²) in [5, 5.41) is 1.34. The van der Waals surface area contributed by atoms with Crippen molar-refractivity contribution in [3.63, 3.8) is 0 Å². The van der Waals surface area contributed by atoms with Crippen LogP contribution in [-0.2, 0) is 7.05 Å². The molecule has 0 atom stereocenters. The van der Waals surface area contributed by atoms with Crippen molar-refractivity contribution in [1.29, 1.82) is 0 Å².